The van der Waals surface area contributed by atoms with E-state index in [2.05, 4.69) is 23.6 Å². The minimum atomic E-state index is -3.91. The Morgan fingerprint density at radius 2 is 1.83 bits per heavy atom. The van der Waals surface area contributed by atoms with E-state index in [9.17, 15) is 17.6 Å². The van der Waals surface area contributed by atoms with Crippen molar-refractivity contribution in [3.05, 3.63) is 114 Å². The molecule has 1 aromatic heterocycles. The number of carbonyl (C=O) groups excluding carboxylic acids is 1. The van der Waals surface area contributed by atoms with Crippen molar-refractivity contribution in [2.45, 2.75) is 62.4 Å². The first kappa shape index (κ1) is 28.7. The van der Waals surface area contributed by atoms with Gasteiger partial charge in [0.05, 0.1) is 11.4 Å². The van der Waals surface area contributed by atoms with Crippen molar-refractivity contribution >= 4 is 21.6 Å². The van der Waals surface area contributed by atoms with E-state index in [4.69, 9.17) is 0 Å². The van der Waals surface area contributed by atoms with Crippen LogP contribution in [0.25, 0.3) is 0 Å². The molecular formula is C32H35FN4O3S. The lowest BCUT2D eigenvalue weighted by molar-refractivity contribution is -0.119. The van der Waals surface area contributed by atoms with Crippen LogP contribution in [0.1, 0.15) is 68.1 Å². The highest BCUT2D eigenvalue weighted by Gasteiger charge is 2.39. The van der Waals surface area contributed by atoms with Crippen LogP contribution in [0.4, 0.5) is 10.1 Å². The number of imidazole rings is 1. The van der Waals surface area contributed by atoms with E-state index in [-0.39, 0.29) is 28.7 Å². The first-order chi connectivity index (χ1) is 19.4. The van der Waals surface area contributed by atoms with Gasteiger partial charge in [0, 0.05) is 37.6 Å². The number of amides is 1. The van der Waals surface area contributed by atoms with Gasteiger partial charge in [-0.25, -0.2) is 22.5 Å². The van der Waals surface area contributed by atoms with Gasteiger partial charge in [-0.1, -0.05) is 57.2 Å². The number of benzene rings is 3. The van der Waals surface area contributed by atoms with E-state index < -0.39 is 21.9 Å². The predicted octanol–water partition coefficient (Wildman–Crippen LogP) is 5.99. The second-order valence-corrected chi connectivity index (χ2v) is 13.2. The Kier molecular flexibility index (Phi) is 7.85. The number of halogens is 1. The van der Waals surface area contributed by atoms with Crippen LogP contribution in [0.15, 0.2) is 90.1 Å². The van der Waals surface area contributed by atoms with Crippen molar-refractivity contribution in [1.29, 1.82) is 0 Å². The number of sulfonamides is 1. The van der Waals surface area contributed by atoms with Gasteiger partial charge in [-0.15, -0.1) is 0 Å². The molecule has 0 fully saturated rings. The quantitative estimate of drug-likeness (QED) is 0.266. The summed E-state index contributed by atoms with van der Waals surface area (Å²) in [6, 6.07) is 20.1. The largest absolute Gasteiger partial charge is 0.337 e. The van der Waals surface area contributed by atoms with Gasteiger partial charge in [0.2, 0.25) is 15.9 Å². The molecule has 1 aliphatic rings. The molecule has 7 nitrogen and oxygen atoms in total. The molecule has 0 saturated heterocycles. The van der Waals surface area contributed by atoms with Gasteiger partial charge in [-0.05, 0) is 70.8 Å². The molecule has 41 heavy (non-hydrogen) atoms. The van der Waals surface area contributed by atoms with E-state index in [0.29, 0.717) is 18.5 Å². The Hall–Kier alpha value is -3.82. The maximum absolute atomic E-state index is 13.9. The number of nitrogens with zero attached hydrogens (tertiary/aromatic N) is 3. The summed E-state index contributed by atoms with van der Waals surface area (Å²) in [5.41, 5.74) is 3.33. The second kappa shape index (κ2) is 11.2. The molecule has 9 heteroatoms. The monoisotopic (exact) mass is 574 g/mol. The lowest BCUT2D eigenvalue weighted by Gasteiger charge is -2.26. The molecule has 1 N–H and O–H groups in total. The fraction of sp³-hybridized carbons (Fsp3) is 0.312. The molecular weight excluding hydrogens is 539 g/mol. The number of carbonyl (C=O) groups is 1. The molecule has 3 aromatic carbocycles. The molecule has 0 radical (unpaired) electrons. The summed E-state index contributed by atoms with van der Waals surface area (Å²) in [5, 5.41) is 0. The van der Waals surface area contributed by atoms with Gasteiger partial charge in [-0.3, -0.25) is 4.79 Å². The summed E-state index contributed by atoms with van der Waals surface area (Å²) in [5.74, 6) is 0.196. The summed E-state index contributed by atoms with van der Waals surface area (Å²) in [6.07, 6.45) is 4.40. The molecule has 0 bridgehead atoms. The van der Waals surface area contributed by atoms with Gasteiger partial charge in [0.1, 0.15) is 11.6 Å². The Labute approximate surface area is 241 Å². The molecule has 0 spiro atoms. The van der Waals surface area contributed by atoms with Crippen LogP contribution in [0.2, 0.25) is 0 Å². The van der Waals surface area contributed by atoms with Crippen LogP contribution < -0.4 is 9.62 Å². The van der Waals surface area contributed by atoms with Gasteiger partial charge in [0.25, 0.3) is 0 Å². The Bertz CT molecular complexity index is 1650. The van der Waals surface area contributed by atoms with Crippen molar-refractivity contribution in [3.63, 3.8) is 0 Å². The zero-order chi connectivity index (χ0) is 29.4. The third-order valence-electron chi connectivity index (χ3n) is 7.96. The average molecular weight is 575 g/mol. The van der Waals surface area contributed by atoms with Crippen LogP contribution in [0, 0.1) is 5.82 Å². The second-order valence-electron chi connectivity index (χ2n) is 11.4. The number of aromatic nitrogens is 2. The first-order valence-corrected chi connectivity index (χ1v) is 15.2. The lowest BCUT2D eigenvalue weighted by Crippen LogP contribution is -2.32. The predicted molar refractivity (Wildman–Crippen MR) is 157 cm³/mol. The molecule has 1 aliphatic carbocycles. The van der Waals surface area contributed by atoms with Crippen molar-refractivity contribution < 1.29 is 17.6 Å². The topological polar surface area (TPSA) is 84.3 Å². The van der Waals surface area contributed by atoms with E-state index >= 15 is 0 Å². The molecule has 0 aliphatic heterocycles. The first-order valence-electron chi connectivity index (χ1n) is 13.7. The third-order valence-corrected chi connectivity index (χ3v) is 9.45. The molecule has 2 atom stereocenters. The van der Waals surface area contributed by atoms with E-state index in [1.807, 2.05) is 73.3 Å². The number of anilines is 1. The number of hydrogen-bond acceptors (Lipinski definition) is 4. The van der Waals surface area contributed by atoms with Crippen LogP contribution in [0.3, 0.4) is 0 Å². The Morgan fingerprint density at radius 3 is 2.49 bits per heavy atom. The average Bonchev–Trinajstić information content (AvgIpc) is 3.45. The molecule has 4 aromatic rings. The fourth-order valence-electron chi connectivity index (χ4n) is 5.61. The Balaban J connectivity index is 1.49. The maximum atomic E-state index is 13.9. The number of nitrogens with one attached hydrogen (secondary N) is 1. The summed E-state index contributed by atoms with van der Waals surface area (Å²) in [7, 11) is -2.01. The third kappa shape index (κ3) is 6.11. The van der Waals surface area contributed by atoms with Gasteiger partial charge < -0.3 is 9.47 Å². The molecule has 1 amide bonds. The molecule has 0 saturated carbocycles. The summed E-state index contributed by atoms with van der Waals surface area (Å²) in [6.45, 7) is 6.47. The molecule has 1 heterocycles. The highest BCUT2D eigenvalue weighted by atomic mass is 32.2. The zero-order valence-corrected chi connectivity index (χ0v) is 24.5. The van der Waals surface area contributed by atoms with Crippen molar-refractivity contribution in [2.75, 3.05) is 4.90 Å². The van der Waals surface area contributed by atoms with Crippen LogP contribution in [-0.2, 0) is 33.8 Å². The maximum Gasteiger partial charge on any atom is 0.241 e. The van der Waals surface area contributed by atoms with E-state index in [0.717, 1.165) is 34.6 Å². The molecule has 214 valence electrons. The standard InChI is InChI=1S/C32H35FN4O3S/c1-22(23-8-6-5-7-9-23)18-31(38)37(21-30-34-16-17-36(30)4)25-12-15-28-27(19-25)29(20-32(28,2)3)35-41(39,40)26-13-10-24(33)11-14-26/h5-17,19,22,29,35H,18,20-21H2,1-4H3/t22-,29-/m1/s1. The van der Waals surface area contributed by atoms with Crippen molar-refractivity contribution in [3.8, 4) is 0 Å². The van der Waals surface area contributed by atoms with Gasteiger partial charge >= 0.3 is 0 Å². The number of fused-ring (bicyclic) bond motifs is 1. The molecule has 5 rings (SSSR count). The Morgan fingerprint density at radius 1 is 1.12 bits per heavy atom. The normalized spacial score (nSPS) is 16.8. The highest BCUT2D eigenvalue weighted by molar-refractivity contribution is 7.89. The van der Waals surface area contributed by atoms with Crippen LogP contribution in [-0.4, -0.2) is 23.9 Å². The molecule has 0 unspecified atom stereocenters. The van der Waals surface area contributed by atoms with Crippen molar-refractivity contribution in [2.24, 2.45) is 7.05 Å². The minimum absolute atomic E-state index is 0.00259. The number of rotatable bonds is 9. The van der Waals surface area contributed by atoms with Crippen LogP contribution >= 0.6 is 0 Å². The SMILES string of the molecule is C[C@H](CC(=O)N(Cc1nccn1C)c1ccc2c(c1)[C@H](NS(=O)(=O)c1ccc(F)cc1)CC2(C)C)c1ccccc1. The smallest absolute Gasteiger partial charge is 0.241 e. The summed E-state index contributed by atoms with van der Waals surface area (Å²) >= 11 is 0. The summed E-state index contributed by atoms with van der Waals surface area (Å²) in [4.78, 5) is 20.0. The van der Waals surface area contributed by atoms with E-state index in [1.54, 1.807) is 11.1 Å². The van der Waals surface area contributed by atoms with Gasteiger partial charge in [0.15, 0.2) is 0 Å². The van der Waals surface area contributed by atoms with E-state index in [1.165, 1.54) is 12.1 Å². The number of hydrogen-bond donors (Lipinski definition) is 1. The summed E-state index contributed by atoms with van der Waals surface area (Å²) < 4.78 is 44.7. The fourth-order valence-corrected chi connectivity index (χ4v) is 6.83. The lowest BCUT2D eigenvalue weighted by atomic mass is 9.86. The highest BCUT2D eigenvalue weighted by Crippen LogP contribution is 2.46. The minimum Gasteiger partial charge on any atom is -0.337 e. The van der Waals surface area contributed by atoms with Crippen molar-refractivity contribution in [1.82, 2.24) is 14.3 Å². The zero-order valence-electron chi connectivity index (χ0n) is 23.7. The number of aryl methyl sites for hydroxylation is 1. The van der Waals surface area contributed by atoms with Crippen LogP contribution in [0.5, 0.6) is 0 Å². The van der Waals surface area contributed by atoms with Gasteiger partial charge in [-0.2, -0.15) is 0 Å².